The van der Waals surface area contributed by atoms with Gasteiger partial charge in [-0.05, 0) is 29.7 Å². The number of amides is 1. The molecule has 0 aliphatic heterocycles. The summed E-state index contributed by atoms with van der Waals surface area (Å²) >= 11 is 5.98. The molecule has 0 saturated heterocycles. The van der Waals surface area contributed by atoms with Gasteiger partial charge in [0.2, 0.25) is 0 Å². The average Bonchev–Trinajstić information content (AvgIpc) is 3.01. The van der Waals surface area contributed by atoms with Gasteiger partial charge < -0.3 is 11.1 Å². The predicted octanol–water partition coefficient (Wildman–Crippen LogP) is 3.04. The lowest BCUT2D eigenvalue weighted by Gasteiger charge is -2.12. The molecule has 1 aromatic heterocycles. The predicted molar refractivity (Wildman–Crippen MR) is 98.0 cm³/mol. The molecule has 3 rings (SSSR count). The number of carbonyl (C=O) groups is 1. The first-order valence-corrected chi connectivity index (χ1v) is 8.24. The third kappa shape index (κ3) is 3.80. The molecule has 2 aromatic carbocycles. The summed E-state index contributed by atoms with van der Waals surface area (Å²) in [4.78, 5) is 12.4. The molecule has 1 atom stereocenters. The Balaban J connectivity index is 1.71. The molecule has 0 radical (unpaired) electrons. The van der Waals surface area contributed by atoms with E-state index in [1.807, 2.05) is 37.3 Å². The highest BCUT2D eigenvalue weighted by Gasteiger charge is 2.19. The number of aromatic nitrogens is 3. The Hall–Kier alpha value is -2.86. The lowest BCUT2D eigenvalue weighted by molar-refractivity contribution is 0.0947. The molecule has 0 bridgehead atoms. The first-order valence-electron chi connectivity index (χ1n) is 7.86. The number of carbonyl (C=O) groups excluding carboxylic acids is 1. The number of nitrogens with two attached hydrogens (primary N) is 1. The zero-order chi connectivity index (χ0) is 17.8. The first-order chi connectivity index (χ1) is 12.1. The Bertz CT molecular complexity index is 878. The Morgan fingerprint density at radius 3 is 2.72 bits per heavy atom. The van der Waals surface area contributed by atoms with Crippen molar-refractivity contribution in [2.45, 2.75) is 12.8 Å². The summed E-state index contributed by atoms with van der Waals surface area (Å²) in [6, 6.07) is 17.0. The average molecular weight is 356 g/mol. The van der Waals surface area contributed by atoms with Crippen molar-refractivity contribution in [3.05, 3.63) is 70.9 Å². The van der Waals surface area contributed by atoms with Crippen molar-refractivity contribution < 1.29 is 4.79 Å². The maximum Gasteiger partial charge on any atom is 0.275 e. The molecule has 1 heterocycles. The van der Waals surface area contributed by atoms with Gasteiger partial charge in [0, 0.05) is 11.6 Å². The number of rotatable bonds is 5. The molecule has 0 fully saturated rings. The van der Waals surface area contributed by atoms with Crippen LogP contribution in [0, 0.1) is 0 Å². The van der Waals surface area contributed by atoms with Crippen molar-refractivity contribution >= 4 is 23.3 Å². The lowest BCUT2D eigenvalue weighted by atomic mass is 10.0. The van der Waals surface area contributed by atoms with Crippen LogP contribution < -0.4 is 11.1 Å². The summed E-state index contributed by atoms with van der Waals surface area (Å²) in [6.07, 6.45) is 0. The third-order valence-electron chi connectivity index (χ3n) is 3.91. The highest BCUT2D eigenvalue weighted by molar-refractivity contribution is 6.30. The third-order valence-corrected chi connectivity index (χ3v) is 4.15. The van der Waals surface area contributed by atoms with E-state index >= 15 is 0 Å². The lowest BCUT2D eigenvalue weighted by Crippen LogP contribution is -2.28. The van der Waals surface area contributed by atoms with Gasteiger partial charge in [-0.15, -0.1) is 5.10 Å². The van der Waals surface area contributed by atoms with Crippen LogP contribution in [0.2, 0.25) is 5.02 Å². The van der Waals surface area contributed by atoms with Gasteiger partial charge in [0.15, 0.2) is 11.5 Å². The van der Waals surface area contributed by atoms with E-state index in [4.69, 9.17) is 17.3 Å². The molecule has 1 amide bonds. The Morgan fingerprint density at radius 2 is 2.00 bits per heavy atom. The van der Waals surface area contributed by atoms with Crippen LogP contribution in [0.1, 0.15) is 28.9 Å². The summed E-state index contributed by atoms with van der Waals surface area (Å²) in [5, 5.41) is 11.3. The number of halogens is 1. The molecular weight excluding hydrogens is 338 g/mol. The van der Waals surface area contributed by atoms with E-state index in [0.29, 0.717) is 17.3 Å². The maximum atomic E-state index is 12.4. The van der Waals surface area contributed by atoms with E-state index in [0.717, 1.165) is 5.56 Å². The van der Waals surface area contributed by atoms with Crippen LogP contribution in [-0.4, -0.2) is 27.4 Å². The number of nitrogens with zero attached hydrogens (tertiary/aromatic N) is 3. The molecule has 0 aliphatic carbocycles. The minimum absolute atomic E-state index is 0.0974. The van der Waals surface area contributed by atoms with Crippen LogP contribution >= 0.6 is 11.6 Å². The van der Waals surface area contributed by atoms with E-state index in [9.17, 15) is 4.79 Å². The molecular formula is C18H18ClN5O. The van der Waals surface area contributed by atoms with Gasteiger partial charge in [-0.3, -0.25) is 4.79 Å². The first kappa shape index (κ1) is 17.0. The van der Waals surface area contributed by atoms with Crippen molar-refractivity contribution in [3.8, 4) is 5.69 Å². The largest absolute Gasteiger partial charge is 0.382 e. The van der Waals surface area contributed by atoms with Crippen molar-refractivity contribution in [2.24, 2.45) is 0 Å². The van der Waals surface area contributed by atoms with Crippen LogP contribution in [0.3, 0.4) is 0 Å². The van der Waals surface area contributed by atoms with E-state index in [-0.39, 0.29) is 23.3 Å². The van der Waals surface area contributed by atoms with Crippen LogP contribution in [0.15, 0.2) is 54.6 Å². The summed E-state index contributed by atoms with van der Waals surface area (Å²) in [6.45, 7) is 2.52. The Morgan fingerprint density at radius 1 is 1.24 bits per heavy atom. The SMILES string of the molecule is C[C@H](CNC(=O)c1nnn(-c2cccc(Cl)c2)c1N)c1ccccc1. The van der Waals surface area contributed by atoms with Crippen LogP contribution in [0.5, 0.6) is 0 Å². The van der Waals surface area contributed by atoms with E-state index in [2.05, 4.69) is 15.6 Å². The highest BCUT2D eigenvalue weighted by Crippen LogP contribution is 2.19. The minimum Gasteiger partial charge on any atom is -0.382 e. The van der Waals surface area contributed by atoms with Gasteiger partial charge >= 0.3 is 0 Å². The molecule has 3 N–H and O–H groups in total. The summed E-state index contributed by atoms with van der Waals surface area (Å²) in [5.41, 5.74) is 7.93. The second-order valence-electron chi connectivity index (χ2n) is 5.74. The van der Waals surface area contributed by atoms with Crippen molar-refractivity contribution in [2.75, 3.05) is 12.3 Å². The van der Waals surface area contributed by atoms with E-state index in [1.165, 1.54) is 4.68 Å². The van der Waals surface area contributed by atoms with Crippen LogP contribution in [0.4, 0.5) is 5.82 Å². The second-order valence-corrected chi connectivity index (χ2v) is 6.17. The Kier molecular flexibility index (Phi) is 5.00. The van der Waals surface area contributed by atoms with Gasteiger partial charge in [-0.2, -0.15) is 4.68 Å². The number of benzene rings is 2. The van der Waals surface area contributed by atoms with Crippen molar-refractivity contribution in [1.82, 2.24) is 20.3 Å². The molecule has 0 spiro atoms. The van der Waals surface area contributed by atoms with Crippen LogP contribution in [0.25, 0.3) is 5.69 Å². The summed E-state index contributed by atoms with van der Waals surface area (Å²) in [7, 11) is 0. The molecule has 0 saturated carbocycles. The number of nitrogen functional groups attached to an aromatic ring is 1. The quantitative estimate of drug-likeness (QED) is 0.736. The molecule has 7 heteroatoms. The topological polar surface area (TPSA) is 85.8 Å². The molecule has 0 unspecified atom stereocenters. The fourth-order valence-electron chi connectivity index (χ4n) is 2.48. The van der Waals surface area contributed by atoms with Gasteiger partial charge in [-0.25, -0.2) is 0 Å². The van der Waals surface area contributed by atoms with Gasteiger partial charge in [0.25, 0.3) is 5.91 Å². The van der Waals surface area contributed by atoms with Gasteiger partial charge in [0.05, 0.1) is 5.69 Å². The Labute approximate surface area is 150 Å². The van der Waals surface area contributed by atoms with Crippen molar-refractivity contribution in [1.29, 1.82) is 0 Å². The van der Waals surface area contributed by atoms with Gasteiger partial charge in [-0.1, -0.05) is 60.1 Å². The second kappa shape index (κ2) is 7.36. The number of hydrogen-bond donors (Lipinski definition) is 2. The van der Waals surface area contributed by atoms with E-state index in [1.54, 1.807) is 24.3 Å². The molecule has 6 nitrogen and oxygen atoms in total. The van der Waals surface area contributed by atoms with E-state index < -0.39 is 0 Å². The smallest absolute Gasteiger partial charge is 0.275 e. The highest BCUT2D eigenvalue weighted by atomic mass is 35.5. The number of hydrogen-bond acceptors (Lipinski definition) is 4. The monoisotopic (exact) mass is 355 g/mol. The molecule has 25 heavy (non-hydrogen) atoms. The fourth-order valence-corrected chi connectivity index (χ4v) is 2.66. The maximum absolute atomic E-state index is 12.4. The number of nitrogens with one attached hydrogen (secondary N) is 1. The van der Waals surface area contributed by atoms with Crippen LogP contribution in [-0.2, 0) is 0 Å². The number of anilines is 1. The van der Waals surface area contributed by atoms with Gasteiger partial charge in [0.1, 0.15) is 0 Å². The fraction of sp³-hybridized carbons (Fsp3) is 0.167. The zero-order valence-electron chi connectivity index (χ0n) is 13.7. The molecule has 128 valence electrons. The molecule has 3 aromatic rings. The van der Waals surface area contributed by atoms with Crippen molar-refractivity contribution in [3.63, 3.8) is 0 Å². The normalized spacial score (nSPS) is 11.9. The summed E-state index contributed by atoms with van der Waals surface area (Å²) < 4.78 is 1.39. The standard InChI is InChI=1S/C18H18ClN5O/c1-12(13-6-3-2-4-7-13)11-21-18(25)16-17(20)24(23-22-16)15-9-5-8-14(19)10-15/h2-10,12H,11,20H2,1H3,(H,21,25)/t12-/m1/s1. The zero-order valence-corrected chi connectivity index (χ0v) is 14.4. The minimum atomic E-state index is -0.353. The summed E-state index contributed by atoms with van der Waals surface area (Å²) in [5.74, 6) is -0.00459. The molecule has 0 aliphatic rings.